The van der Waals surface area contributed by atoms with E-state index in [1.54, 1.807) is 10.6 Å². The van der Waals surface area contributed by atoms with Crippen molar-refractivity contribution in [1.82, 2.24) is 9.38 Å². The van der Waals surface area contributed by atoms with Gasteiger partial charge in [-0.25, -0.2) is 9.78 Å². The molecule has 5 heteroatoms. The maximum atomic E-state index is 11.5. The number of hydrogen-bond acceptors (Lipinski definition) is 4. The maximum absolute atomic E-state index is 11.5. The maximum Gasteiger partial charge on any atom is 0.339 e. The molecule has 2 heterocycles. The van der Waals surface area contributed by atoms with E-state index in [-0.39, 0.29) is 0 Å². The van der Waals surface area contributed by atoms with Gasteiger partial charge in [0.05, 0.1) is 23.9 Å². The lowest BCUT2D eigenvalue weighted by Gasteiger charge is -2.02. The van der Waals surface area contributed by atoms with Crippen LogP contribution in [0.2, 0.25) is 0 Å². The van der Waals surface area contributed by atoms with E-state index in [2.05, 4.69) is 9.72 Å². The Morgan fingerprint density at radius 2 is 2.28 bits per heavy atom. The molecule has 1 aliphatic rings. The van der Waals surface area contributed by atoms with E-state index in [1.165, 1.54) is 13.2 Å². The summed E-state index contributed by atoms with van der Waals surface area (Å²) < 4.78 is 6.39. The van der Waals surface area contributed by atoms with Gasteiger partial charge in [-0.15, -0.1) is 0 Å². The molecule has 3 rings (SSSR count). The highest BCUT2D eigenvalue weighted by molar-refractivity contribution is 5.93. The summed E-state index contributed by atoms with van der Waals surface area (Å²) in [5.74, 6) is 0.0488. The van der Waals surface area contributed by atoms with Gasteiger partial charge < -0.3 is 9.14 Å². The van der Waals surface area contributed by atoms with Crippen molar-refractivity contribution in [3.63, 3.8) is 0 Å². The molecule has 0 N–H and O–H groups in total. The van der Waals surface area contributed by atoms with Crippen molar-refractivity contribution < 1.29 is 14.3 Å². The van der Waals surface area contributed by atoms with E-state index in [9.17, 15) is 9.59 Å². The van der Waals surface area contributed by atoms with E-state index in [4.69, 9.17) is 0 Å². The first-order chi connectivity index (χ1) is 8.72. The Kier molecular flexibility index (Phi) is 2.40. The first kappa shape index (κ1) is 11.0. The average molecular weight is 244 g/mol. The number of methoxy groups -OCH3 is 1. The van der Waals surface area contributed by atoms with Crippen LogP contribution in [0.15, 0.2) is 18.5 Å². The second-order valence-electron chi connectivity index (χ2n) is 4.46. The number of rotatable bonds is 3. The van der Waals surface area contributed by atoms with Gasteiger partial charge in [0.25, 0.3) is 0 Å². The van der Waals surface area contributed by atoms with Gasteiger partial charge in [0.2, 0.25) is 0 Å². The summed E-state index contributed by atoms with van der Waals surface area (Å²) in [6.45, 7) is 0. The highest BCUT2D eigenvalue weighted by Gasteiger charge is 2.26. The summed E-state index contributed by atoms with van der Waals surface area (Å²) in [7, 11) is 1.32. The zero-order chi connectivity index (χ0) is 12.7. The van der Waals surface area contributed by atoms with E-state index in [0.29, 0.717) is 29.0 Å². The lowest BCUT2D eigenvalue weighted by molar-refractivity contribution is 0.0600. The topological polar surface area (TPSA) is 60.7 Å². The molecule has 0 unspecified atom stereocenters. The van der Waals surface area contributed by atoms with Crippen LogP contribution in [0, 0.1) is 0 Å². The number of nitrogens with zero attached hydrogens (tertiary/aromatic N) is 2. The molecule has 2 aromatic heterocycles. The molecule has 1 saturated carbocycles. The Morgan fingerprint density at radius 3 is 2.89 bits per heavy atom. The lowest BCUT2D eigenvalue weighted by atomic mass is 10.2. The number of aldehydes is 1. The summed E-state index contributed by atoms with van der Waals surface area (Å²) in [6, 6.07) is 1.51. The van der Waals surface area contributed by atoms with Crippen molar-refractivity contribution in [2.75, 3.05) is 7.11 Å². The fourth-order valence-electron chi connectivity index (χ4n) is 2.04. The number of fused-ring (bicyclic) bond motifs is 1. The summed E-state index contributed by atoms with van der Waals surface area (Å²) >= 11 is 0. The number of pyridine rings is 1. The second-order valence-corrected chi connectivity index (χ2v) is 4.46. The first-order valence-electron chi connectivity index (χ1n) is 5.79. The molecule has 0 radical (unpaired) electrons. The van der Waals surface area contributed by atoms with Crippen LogP contribution in [0.1, 0.15) is 45.2 Å². The molecular weight excluding hydrogens is 232 g/mol. The van der Waals surface area contributed by atoms with Gasteiger partial charge in [-0.2, -0.15) is 0 Å². The molecule has 0 amide bonds. The van der Waals surface area contributed by atoms with Crippen molar-refractivity contribution >= 4 is 17.9 Å². The minimum absolute atomic E-state index is 0.354. The van der Waals surface area contributed by atoms with Crippen LogP contribution in [0.25, 0.3) is 5.65 Å². The molecule has 2 aromatic rings. The Morgan fingerprint density at radius 1 is 1.50 bits per heavy atom. The number of ether oxygens (including phenoxy) is 1. The van der Waals surface area contributed by atoms with E-state index < -0.39 is 5.97 Å². The number of carbonyl (C=O) groups is 2. The SMILES string of the molecule is COC(=O)c1cc(C=O)c2nc(C3CC3)cn2c1. The fourth-order valence-corrected chi connectivity index (χ4v) is 2.04. The Labute approximate surface area is 103 Å². The number of aromatic nitrogens is 2. The number of imidazole rings is 1. The van der Waals surface area contributed by atoms with Gasteiger partial charge in [0.1, 0.15) is 5.65 Å². The predicted molar refractivity (Wildman–Crippen MR) is 63.9 cm³/mol. The Bertz CT molecular complexity index is 641. The van der Waals surface area contributed by atoms with Crippen LogP contribution in [0.4, 0.5) is 0 Å². The van der Waals surface area contributed by atoms with E-state index >= 15 is 0 Å². The molecule has 18 heavy (non-hydrogen) atoms. The van der Waals surface area contributed by atoms with Crippen molar-refractivity contribution in [3.8, 4) is 0 Å². The zero-order valence-corrected chi connectivity index (χ0v) is 9.92. The number of hydrogen-bond donors (Lipinski definition) is 0. The Hall–Kier alpha value is -2.17. The summed E-state index contributed by atoms with van der Waals surface area (Å²) in [6.07, 6.45) is 6.53. The second kappa shape index (κ2) is 3.94. The van der Waals surface area contributed by atoms with Crippen molar-refractivity contribution in [2.45, 2.75) is 18.8 Å². The third kappa shape index (κ3) is 1.68. The number of esters is 1. The lowest BCUT2D eigenvalue weighted by Crippen LogP contribution is -2.04. The summed E-state index contributed by atoms with van der Waals surface area (Å²) in [4.78, 5) is 27.0. The van der Waals surface area contributed by atoms with Crippen LogP contribution < -0.4 is 0 Å². The standard InChI is InChI=1S/C13H12N2O3/c1-18-13(17)9-4-10(7-16)12-14-11(8-2-3-8)6-15(12)5-9/h4-8H,2-3H2,1H3. The summed E-state index contributed by atoms with van der Waals surface area (Å²) in [5, 5.41) is 0. The van der Waals surface area contributed by atoms with Crippen molar-refractivity contribution in [3.05, 3.63) is 35.3 Å². The molecule has 0 spiro atoms. The fraction of sp³-hybridized carbons (Fsp3) is 0.308. The molecule has 0 aromatic carbocycles. The van der Waals surface area contributed by atoms with Crippen molar-refractivity contribution in [2.24, 2.45) is 0 Å². The monoisotopic (exact) mass is 244 g/mol. The molecule has 0 aliphatic heterocycles. The highest BCUT2D eigenvalue weighted by Crippen LogP contribution is 2.39. The molecule has 5 nitrogen and oxygen atoms in total. The van der Waals surface area contributed by atoms with Gasteiger partial charge in [0, 0.05) is 18.3 Å². The van der Waals surface area contributed by atoms with E-state index in [0.717, 1.165) is 18.5 Å². The zero-order valence-electron chi connectivity index (χ0n) is 9.92. The minimum Gasteiger partial charge on any atom is -0.465 e. The largest absolute Gasteiger partial charge is 0.465 e. The Balaban J connectivity index is 2.18. The highest BCUT2D eigenvalue weighted by atomic mass is 16.5. The van der Waals surface area contributed by atoms with Crippen LogP contribution in [-0.2, 0) is 4.74 Å². The molecular formula is C13H12N2O3. The smallest absolute Gasteiger partial charge is 0.339 e. The van der Waals surface area contributed by atoms with Gasteiger partial charge in [-0.1, -0.05) is 0 Å². The molecule has 1 fully saturated rings. The first-order valence-corrected chi connectivity index (χ1v) is 5.79. The predicted octanol–water partition coefficient (Wildman–Crippen LogP) is 1.81. The van der Waals surface area contributed by atoms with Crippen LogP contribution >= 0.6 is 0 Å². The molecule has 0 saturated heterocycles. The molecule has 0 atom stereocenters. The molecule has 92 valence electrons. The molecule has 0 bridgehead atoms. The minimum atomic E-state index is -0.457. The summed E-state index contributed by atoms with van der Waals surface area (Å²) in [5.41, 5.74) is 2.34. The normalized spacial score (nSPS) is 14.7. The average Bonchev–Trinajstić information content (AvgIpc) is 3.16. The van der Waals surface area contributed by atoms with Gasteiger partial charge >= 0.3 is 5.97 Å². The van der Waals surface area contributed by atoms with Crippen molar-refractivity contribution in [1.29, 1.82) is 0 Å². The van der Waals surface area contributed by atoms with E-state index in [1.807, 2.05) is 6.20 Å². The van der Waals surface area contributed by atoms with Gasteiger partial charge in [0.15, 0.2) is 6.29 Å². The van der Waals surface area contributed by atoms with Gasteiger partial charge in [-0.05, 0) is 18.9 Å². The third-order valence-corrected chi connectivity index (χ3v) is 3.14. The van der Waals surface area contributed by atoms with Crippen LogP contribution in [-0.4, -0.2) is 28.7 Å². The van der Waals surface area contributed by atoms with Crippen LogP contribution in [0.3, 0.4) is 0 Å². The number of carbonyl (C=O) groups excluding carboxylic acids is 2. The molecule has 1 aliphatic carbocycles. The van der Waals surface area contributed by atoms with Gasteiger partial charge in [-0.3, -0.25) is 4.79 Å². The third-order valence-electron chi connectivity index (χ3n) is 3.14. The quantitative estimate of drug-likeness (QED) is 0.610. The van der Waals surface area contributed by atoms with Crippen LogP contribution in [0.5, 0.6) is 0 Å².